The summed E-state index contributed by atoms with van der Waals surface area (Å²) in [6.45, 7) is 1.11. The van der Waals surface area contributed by atoms with Crippen LogP contribution in [-0.4, -0.2) is 34.1 Å². The molecule has 0 aliphatic carbocycles. The normalized spacial score (nSPS) is 14.1. The molecule has 7 nitrogen and oxygen atoms in total. The first kappa shape index (κ1) is 20.6. The lowest BCUT2D eigenvalue weighted by atomic mass is 10.1. The molecule has 0 saturated carbocycles. The molecule has 0 unspecified atom stereocenters. The van der Waals surface area contributed by atoms with Gasteiger partial charge in [-0.3, -0.25) is 15.2 Å². The molecule has 1 aliphatic heterocycles. The fraction of sp³-hybridized carbons (Fsp3) is 0.238. The fourth-order valence-electron chi connectivity index (χ4n) is 3.22. The summed E-state index contributed by atoms with van der Waals surface area (Å²) in [5, 5.41) is 5.97. The Hall–Kier alpha value is -3.69. The summed E-state index contributed by atoms with van der Waals surface area (Å²) >= 11 is 0. The van der Waals surface area contributed by atoms with Crippen LogP contribution >= 0.6 is 0 Å². The summed E-state index contributed by atoms with van der Waals surface area (Å²) in [6.07, 6.45) is 0.730. The molecule has 0 fully saturated rings. The van der Waals surface area contributed by atoms with E-state index in [4.69, 9.17) is 0 Å². The van der Waals surface area contributed by atoms with E-state index in [1.165, 1.54) is 11.1 Å². The van der Waals surface area contributed by atoms with Gasteiger partial charge in [0.15, 0.2) is 5.82 Å². The van der Waals surface area contributed by atoms with Gasteiger partial charge in [0.2, 0.25) is 0 Å². The number of carbonyl (C=O) groups excluding carboxylic acids is 1. The van der Waals surface area contributed by atoms with E-state index >= 15 is 0 Å². The van der Waals surface area contributed by atoms with Gasteiger partial charge in [-0.15, -0.1) is 0 Å². The molecule has 2 N–H and O–H groups in total. The number of fused-ring (bicyclic) bond motifs is 1. The predicted octanol–water partition coefficient (Wildman–Crippen LogP) is 4.80. The zero-order valence-corrected chi connectivity index (χ0v) is 16.4. The molecule has 10 heteroatoms. The van der Waals surface area contributed by atoms with E-state index in [1.807, 2.05) is 0 Å². The lowest BCUT2D eigenvalue weighted by Gasteiger charge is -2.27. The third kappa shape index (κ3) is 4.73. The first-order valence-corrected chi connectivity index (χ1v) is 9.69. The van der Waals surface area contributed by atoms with Crippen LogP contribution in [0.25, 0.3) is 11.3 Å². The van der Waals surface area contributed by atoms with Crippen molar-refractivity contribution >= 4 is 23.4 Å². The van der Waals surface area contributed by atoms with Gasteiger partial charge in [0.1, 0.15) is 5.82 Å². The maximum Gasteiger partial charge on any atom is 0.417 e. The number of urea groups is 1. The highest BCUT2D eigenvalue weighted by Crippen LogP contribution is 2.33. The monoisotopic (exact) mass is 428 g/mol. The SMILES string of the molecule is O=C(Nc1ccccn1)N1CCCCNc2ccc(-c3cncc(C(F)(F)F)c3)nc21. The number of nitrogens with zero attached hydrogens (tertiary/aromatic N) is 4. The Labute approximate surface area is 176 Å². The number of halogens is 3. The van der Waals surface area contributed by atoms with Crippen molar-refractivity contribution < 1.29 is 18.0 Å². The van der Waals surface area contributed by atoms with Crippen molar-refractivity contribution in [3.05, 3.63) is 60.6 Å². The van der Waals surface area contributed by atoms with Gasteiger partial charge in [-0.2, -0.15) is 13.2 Å². The van der Waals surface area contributed by atoms with Crippen LogP contribution in [0, 0.1) is 0 Å². The quantitative estimate of drug-likeness (QED) is 0.613. The number of alkyl halides is 3. The highest BCUT2D eigenvalue weighted by molar-refractivity contribution is 6.02. The zero-order chi connectivity index (χ0) is 21.8. The number of hydrogen-bond acceptors (Lipinski definition) is 5. The van der Waals surface area contributed by atoms with E-state index in [1.54, 1.807) is 36.5 Å². The largest absolute Gasteiger partial charge is 0.417 e. The summed E-state index contributed by atoms with van der Waals surface area (Å²) in [4.78, 5) is 26.8. The van der Waals surface area contributed by atoms with Crippen molar-refractivity contribution in [2.75, 3.05) is 28.6 Å². The molecule has 2 amide bonds. The minimum absolute atomic E-state index is 0.213. The highest BCUT2D eigenvalue weighted by atomic mass is 19.4. The van der Waals surface area contributed by atoms with Gasteiger partial charge in [0.25, 0.3) is 0 Å². The molecule has 0 spiro atoms. The van der Waals surface area contributed by atoms with Crippen molar-refractivity contribution in [1.29, 1.82) is 0 Å². The summed E-state index contributed by atoms with van der Waals surface area (Å²) in [5.74, 6) is 0.727. The van der Waals surface area contributed by atoms with Crippen LogP contribution in [0.1, 0.15) is 18.4 Å². The van der Waals surface area contributed by atoms with Crippen molar-refractivity contribution in [2.45, 2.75) is 19.0 Å². The summed E-state index contributed by atoms with van der Waals surface area (Å²) in [6, 6.07) is 9.06. The van der Waals surface area contributed by atoms with E-state index in [0.29, 0.717) is 30.4 Å². The van der Waals surface area contributed by atoms with Crippen molar-refractivity contribution in [3.8, 4) is 11.3 Å². The summed E-state index contributed by atoms with van der Waals surface area (Å²) in [7, 11) is 0. The Balaban J connectivity index is 1.71. The van der Waals surface area contributed by atoms with E-state index < -0.39 is 17.8 Å². The second-order valence-electron chi connectivity index (χ2n) is 6.96. The lowest BCUT2D eigenvalue weighted by molar-refractivity contribution is -0.137. The maximum atomic E-state index is 13.1. The smallest absolute Gasteiger partial charge is 0.382 e. The molecule has 0 atom stereocenters. The van der Waals surface area contributed by atoms with Gasteiger partial charge >= 0.3 is 12.2 Å². The first-order chi connectivity index (χ1) is 14.9. The Morgan fingerprint density at radius 1 is 1.13 bits per heavy atom. The maximum absolute atomic E-state index is 13.1. The molecular weight excluding hydrogens is 409 g/mol. The van der Waals surface area contributed by atoms with Crippen LogP contribution < -0.4 is 15.5 Å². The molecule has 4 rings (SSSR count). The summed E-state index contributed by atoms with van der Waals surface area (Å²) in [5.41, 5.74) is 0.265. The van der Waals surface area contributed by atoms with Gasteiger partial charge in [-0.05, 0) is 43.2 Å². The topological polar surface area (TPSA) is 83.0 Å². The highest BCUT2D eigenvalue weighted by Gasteiger charge is 2.31. The van der Waals surface area contributed by atoms with Crippen LogP contribution in [0.15, 0.2) is 55.0 Å². The van der Waals surface area contributed by atoms with E-state index in [0.717, 1.165) is 25.1 Å². The molecular formula is C21H19F3N6O. The third-order valence-corrected chi connectivity index (χ3v) is 4.76. The summed E-state index contributed by atoms with van der Waals surface area (Å²) < 4.78 is 39.3. The number of anilines is 3. The Bertz CT molecular complexity index is 1070. The van der Waals surface area contributed by atoms with Crippen molar-refractivity contribution in [1.82, 2.24) is 15.0 Å². The molecule has 1 aliphatic rings. The van der Waals surface area contributed by atoms with E-state index in [2.05, 4.69) is 25.6 Å². The Morgan fingerprint density at radius 2 is 2.00 bits per heavy atom. The van der Waals surface area contributed by atoms with Gasteiger partial charge < -0.3 is 5.32 Å². The molecule has 160 valence electrons. The molecule has 0 radical (unpaired) electrons. The number of nitrogens with one attached hydrogen (secondary N) is 2. The Kier molecular flexibility index (Phi) is 5.70. The van der Waals surface area contributed by atoms with E-state index in [-0.39, 0.29) is 11.3 Å². The number of aromatic nitrogens is 3. The van der Waals surface area contributed by atoms with Gasteiger partial charge in [0.05, 0.1) is 16.9 Å². The standard InChI is InChI=1S/C21H19F3N6O/c22-21(23,24)15-11-14(12-25-13-15)16-6-7-17-19(28-16)30(10-4-3-8-26-17)20(31)29-18-5-1-2-9-27-18/h1-2,5-7,9,11-13,26H,3-4,8,10H2,(H,27,29,31). The second kappa shape index (κ2) is 8.58. The predicted molar refractivity (Wildman–Crippen MR) is 111 cm³/mol. The third-order valence-electron chi connectivity index (χ3n) is 4.76. The molecule has 31 heavy (non-hydrogen) atoms. The lowest BCUT2D eigenvalue weighted by Crippen LogP contribution is -2.38. The minimum Gasteiger partial charge on any atom is -0.382 e. The van der Waals surface area contributed by atoms with Crippen LogP contribution in [0.4, 0.5) is 35.3 Å². The molecule has 0 aromatic carbocycles. The van der Waals surface area contributed by atoms with Crippen LogP contribution in [-0.2, 0) is 6.18 Å². The van der Waals surface area contributed by atoms with Crippen LogP contribution in [0.3, 0.4) is 0 Å². The number of carbonyl (C=O) groups is 1. The number of amides is 2. The number of hydrogen-bond donors (Lipinski definition) is 2. The molecule has 3 aromatic rings. The Morgan fingerprint density at radius 3 is 2.77 bits per heavy atom. The van der Waals surface area contributed by atoms with Crippen molar-refractivity contribution in [2.24, 2.45) is 0 Å². The number of rotatable bonds is 2. The molecule has 0 bridgehead atoms. The van der Waals surface area contributed by atoms with Gasteiger partial charge in [0, 0.05) is 37.2 Å². The molecule has 4 heterocycles. The average molecular weight is 428 g/mol. The van der Waals surface area contributed by atoms with Gasteiger partial charge in [-0.25, -0.2) is 14.8 Å². The molecule has 3 aromatic heterocycles. The zero-order valence-electron chi connectivity index (χ0n) is 16.4. The van der Waals surface area contributed by atoms with Crippen LogP contribution in [0.2, 0.25) is 0 Å². The first-order valence-electron chi connectivity index (χ1n) is 9.69. The van der Waals surface area contributed by atoms with E-state index in [9.17, 15) is 18.0 Å². The van der Waals surface area contributed by atoms with Crippen LogP contribution in [0.5, 0.6) is 0 Å². The average Bonchev–Trinajstić information content (AvgIpc) is 2.74. The fourth-order valence-corrected chi connectivity index (χ4v) is 3.22. The number of pyridine rings is 3. The van der Waals surface area contributed by atoms with Crippen molar-refractivity contribution in [3.63, 3.8) is 0 Å². The molecule has 0 saturated heterocycles. The second-order valence-corrected chi connectivity index (χ2v) is 6.96. The van der Waals surface area contributed by atoms with Gasteiger partial charge in [-0.1, -0.05) is 6.07 Å². The minimum atomic E-state index is -4.51.